The van der Waals surface area contributed by atoms with Crippen LogP contribution in [0.2, 0.25) is 5.04 Å². The standard InChI is InChI=1S/C43H48O5Si/c1-43(2,3)49(37-25-15-7-16-26-37,38-27-17-8-18-28-38)48-33-40-42(47-31-36-23-13-6-14-24-36)41(46-30-35-21-11-5-12-22-35)39(32-45-40)44-29-34-19-9-4-10-20-34/h4-28,39-42H,29-33H2,1-3H3/t39-,40-,41+,42-/m1/s1. The average Bonchev–Trinajstić information content (AvgIpc) is 3.14. The molecule has 254 valence electrons. The molecule has 6 heteroatoms. The molecule has 0 spiro atoms. The van der Waals surface area contributed by atoms with E-state index in [1.165, 1.54) is 10.4 Å². The number of benzene rings is 5. The van der Waals surface area contributed by atoms with E-state index in [2.05, 4.69) is 118 Å². The first-order chi connectivity index (χ1) is 23.9. The Bertz CT molecular complexity index is 1620. The molecule has 1 saturated heterocycles. The Kier molecular flexibility index (Phi) is 11.9. The molecule has 1 heterocycles. The maximum Gasteiger partial charge on any atom is 0.261 e. The number of rotatable bonds is 14. The molecular formula is C43H48O5Si. The second kappa shape index (κ2) is 16.7. The van der Waals surface area contributed by atoms with Crippen molar-refractivity contribution in [1.82, 2.24) is 0 Å². The second-order valence-corrected chi connectivity index (χ2v) is 18.0. The van der Waals surface area contributed by atoms with Gasteiger partial charge >= 0.3 is 0 Å². The minimum Gasteiger partial charge on any atom is -0.405 e. The third-order valence-corrected chi connectivity index (χ3v) is 14.3. The minimum absolute atomic E-state index is 0.171. The first kappa shape index (κ1) is 35.0. The van der Waals surface area contributed by atoms with Crippen LogP contribution < -0.4 is 10.4 Å². The third kappa shape index (κ3) is 8.65. The molecule has 0 unspecified atom stereocenters. The van der Waals surface area contributed by atoms with Gasteiger partial charge in [-0.05, 0) is 32.1 Å². The fraction of sp³-hybridized carbons (Fsp3) is 0.302. The quantitative estimate of drug-likeness (QED) is 0.113. The fourth-order valence-electron chi connectivity index (χ4n) is 6.80. The summed E-state index contributed by atoms with van der Waals surface area (Å²) in [7, 11) is -2.83. The predicted octanol–water partition coefficient (Wildman–Crippen LogP) is 7.72. The zero-order chi connectivity index (χ0) is 33.9. The normalized spacial score (nSPS) is 19.8. The average molecular weight is 673 g/mol. The van der Waals surface area contributed by atoms with E-state index in [1.54, 1.807) is 0 Å². The van der Waals surface area contributed by atoms with Crippen LogP contribution in [0.1, 0.15) is 37.5 Å². The van der Waals surface area contributed by atoms with E-state index >= 15 is 0 Å². The summed E-state index contributed by atoms with van der Waals surface area (Å²) in [5.41, 5.74) is 3.28. The summed E-state index contributed by atoms with van der Waals surface area (Å²) >= 11 is 0. The summed E-state index contributed by atoms with van der Waals surface area (Å²) < 4.78 is 34.3. The van der Waals surface area contributed by atoms with Gasteiger partial charge in [0, 0.05) is 0 Å². The van der Waals surface area contributed by atoms with Gasteiger partial charge in [0.15, 0.2) is 0 Å². The molecule has 0 bridgehead atoms. The highest BCUT2D eigenvalue weighted by Crippen LogP contribution is 2.38. The molecular weight excluding hydrogens is 625 g/mol. The highest BCUT2D eigenvalue weighted by molar-refractivity contribution is 6.99. The van der Waals surface area contributed by atoms with Gasteiger partial charge in [0.1, 0.15) is 24.4 Å². The molecule has 5 aromatic rings. The van der Waals surface area contributed by atoms with Gasteiger partial charge in [0.05, 0.1) is 33.0 Å². The Labute approximate surface area is 292 Å². The Morgan fingerprint density at radius 2 is 0.918 bits per heavy atom. The number of hydrogen-bond acceptors (Lipinski definition) is 5. The van der Waals surface area contributed by atoms with E-state index in [0.717, 1.165) is 16.7 Å². The summed E-state index contributed by atoms with van der Waals surface area (Å²) in [4.78, 5) is 0. The van der Waals surface area contributed by atoms with Crippen molar-refractivity contribution in [2.45, 2.75) is 70.0 Å². The molecule has 5 aromatic carbocycles. The van der Waals surface area contributed by atoms with Crippen molar-refractivity contribution in [2.75, 3.05) is 13.2 Å². The summed E-state index contributed by atoms with van der Waals surface area (Å²) in [6.45, 7) is 8.91. The molecule has 0 amide bonds. The minimum atomic E-state index is -2.83. The van der Waals surface area contributed by atoms with Crippen LogP contribution in [0.15, 0.2) is 152 Å². The molecule has 49 heavy (non-hydrogen) atoms. The number of ether oxygens (including phenoxy) is 4. The lowest BCUT2D eigenvalue weighted by Gasteiger charge is -2.46. The first-order valence-electron chi connectivity index (χ1n) is 17.3. The zero-order valence-electron chi connectivity index (χ0n) is 28.8. The van der Waals surface area contributed by atoms with Gasteiger partial charge in [-0.3, -0.25) is 0 Å². The van der Waals surface area contributed by atoms with Crippen LogP contribution in [0, 0.1) is 0 Å². The van der Waals surface area contributed by atoms with Gasteiger partial charge < -0.3 is 23.4 Å². The highest BCUT2D eigenvalue weighted by atomic mass is 28.4. The Morgan fingerprint density at radius 1 is 0.531 bits per heavy atom. The molecule has 0 aliphatic carbocycles. The SMILES string of the molecule is CC(C)(C)[Si](OC[C@H]1OC[C@@H](OCc2ccccc2)[C@H](OCc2ccccc2)[C@@H]1OCc1ccccc1)(c1ccccc1)c1ccccc1. The van der Waals surface area contributed by atoms with Crippen LogP contribution in [-0.4, -0.2) is 45.9 Å². The second-order valence-electron chi connectivity index (χ2n) is 13.7. The van der Waals surface area contributed by atoms with E-state index in [0.29, 0.717) is 33.0 Å². The lowest BCUT2D eigenvalue weighted by atomic mass is 9.99. The van der Waals surface area contributed by atoms with E-state index in [1.807, 2.05) is 54.6 Å². The van der Waals surface area contributed by atoms with Crippen molar-refractivity contribution in [3.8, 4) is 0 Å². The molecule has 0 aromatic heterocycles. The lowest BCUT2D eigenvalue weighted by Crippen LogP contribution is -2.68. The van der Waals surface area contributed by atoms with Crippen LogP contribution in [-0.2, 0) is 43.2 Å². The monoisotopic (exact) mass is 672 g/mol. The summed E-state index contributed by atoms with van der Waals surface area (Å²) in [5, 5.41) is 2.29. The van der Waals surface area contributed by atoms with Gasteiger partial charge in [-0.2, -0.15) is 0 Å². The molecule has 1 aliphatic rings. The van der Waals surface area contributed by atoms with E-state index in [-0.39, 0.29) is 17.2 Å². The Hall–Kier alpha value is -3.88. The predicted molar refractivity (Wildman–Crippen MR) is 198 cm³/mol. The van der Waals surface area contributed by atoms with Crippen molar-refractivity contribution in [1.29, 1.82) is 0 Å². The topological polar surface area (TPSA) is 46.2 Å². The Morgan fingerprint density at radius 3 is 1.35 bits per heavy atom. The van der Waals surface area contributed by atoms with Gasteiger partial charge in [0.2, 0.25) is 0 Å². The van der Waals surface area contributed by atoms with Gasteiger partial charge in [0.25, 0.3) is 8.32 Å². The van der Waals surface area contributed by atoms with Crippen molar-refractivity contribution < 1.29 is 23.4 Å². The lowest BCUT2D eigenvalue weighted by molar-refractivity contribution is -0.242. The molecule has 0 N–H and O–H groups in total. The molecule has 1 fully saturated rings. The largest absolute Gasteiger partial charge is 0.405 e. The van der Waals surface area contributed by atoms with Crippen LogP contribution >= 0.6 is 0 Å². The van der Waals surface area contributed by atoms with Crippen molar-refractivity contribution in [3.05, 3.63) is 168 Å². The maximum absolute atomic E-state index is 7.40. The van der Waals surface area contributed by atoms with Crippen LogP contribution in [0.25, 0.3) is 0 Å². The molecule has 0 saturated carbocycles. The fourth-order valence-corrected chi connectivity index (χ4v) is 11.4. The van der Waals surface area contributed by atoms with Crippen molar-refractivity contribution in [3.63, 3.8) is 0 Å². The highest BCUT2D eigenvalue weighted by Gasteiger charge is 2.52. The number of hydrogen-bond donors (Lipinski definition) is 0. The summed E-state index contributed by atoms with van der Waals surface area (Å²) in [6.07, 6.45) is -1.57. The van der Waals surface area contributed by atoms with Crippen molar-refractivity contribution in [2.24, 2.45) is 0 Å². The zero-order valence-corrected chi connectivity index (χ0v) is 29.8. The molecule has 1 aliphatic heterocycles. The summed E-state index contributed by atoms with van der Waals surface area (Å²) in [5.74, 6) is 0. The summed E-state index contributed by atoms with van der Waals surface area (Å²) in [6, 6.07) is 52.2. The van der Waals surface area contributed by atoms with Gasteiger partial charge in [-0.1, -0.05) is 172 Å². The van der Waals surface area contributed by atoms with Crippen LogP contribution in [0.4, 0.5) is 0 Å². The Balaban J connectivity index is 1.33. The van der Waals surface area contributed by atoms with E-state index in [9.17, 15) is 0 Å². The van der Waals surface area contributed by atoms with Crippen LogP contribution in [0.3, 0.4) is 0 Å². The van der Waals surface area contributed by atoms with E-state index < -0.39 is 20.5 Å². The molecule has 6 rings (SSSR count). The van der Waals surface area contributed by atoms with Crippen LogP contribution in [0.5, 0.6) is 0 Å². The third-order valence-electron chi connectivity index (χ3n) is 9.29. The maximum atomic E-state index is 7.40. The van der Waals surface area contributed by atoms with Gasteiger partial charge in [-0.25, -0.2) is 0 Å². The molecule has 4 atom stereocenters. The smallest absolute Gasteiger partial charge is 0.261 e. The first-order valence-corrected chi connectivity index (χ1v) is 19.2. The molecule has 5 nitrogen and oxygen atoms in total. The van der Waals surface area contributed by atoms with Crippen molar-refractivity contribution >= 4 is 18.7 Å². The van der Waals surface area contributed by atoms with Gasteiger partial charge in [-0.15, -0.1) is 0 Å². The van der Waals surface area contributed by atoms with E-state index in [4.69, 9.17) is 23.4 Å². The molecule has 0 radical (unpaired) electrons.